The third-order valence-electron chi connectivity index (χ3n) is 2.89. The number of benzene rings is 1. The molecular formula is C15H17ClN2O2S. The third-order valence-corrected chi connectivity index (χ3v) is 4.18. The summed E-state index contributed by atoms with van der Waals surface area (Å²) in [5.41, 5.74) is 1.16. The molecule has 2 N–H and O–H groups in total. The number of hydrogen-bond donors (Lipinski definition) is 2. The van der Waals surface area contributed by atoms with E-state index in [1.54, 1.807) is 30.1 Å². The van der Waals surface area contributed by atoms with Gasteiger partial charge in [-0.3, -0.25) is 9.78 Å². The molecule has 0 radical (unpaired) electrons. The summed E-state index contributed by atoms with van der Waals surface area (Å²) >= 11 is 7.76. The number of pyridine rings is 1. The zero-order chi connectivity index (χ0) is 15.1. The van der Waals surface area contributed by atoms with E-state index in [0.717, 1.165) is 23.3 Å². The molecule has 112 valence electrons. The lowest BCUT2D eigenvalue weighted by Gasteiger charge is -2.08. The number of carbonyl (C=O) groups excluding carboxylic acids is 1. The van der Waals surface area contributed by atoms with E-state index in [1.165, 1.54) is 0 Å². The van der Waals surface area contributed by atoms with E-state index in [0.29, 0.717) is 22.6 Å². The molecule has 0 bridgehead atoms. The minimum absolute atomic E-state index is 0.163. The van der Waals surface area contributed by atoms with Crippen LogP contribution in [0.4, 0.5) is 0 Å². The number of carbonyl (C=O) groups is 1. The monoisotopic (exact) mass is 324 g/mol. The van der Waals surface area contributed by atoms with Crippen LogP contribution in [0, 0.1) is 0 Å². The van der Waals surface area contributed by atoms with Crippen molar-refractivity contribution in [3.05, 3.63) is 41.0 Å². The minimum Gasteiger partial charge on any atom is -0.396 e. The normalized spacial score (nSPS) is 10.8. The second kappa shape index (κ2) is 8.22. The second-order valence-corrected chi connectivity index (χ2v) is 6.14. The van der Waals surface area contributed by atoms with Crippen LogP contribution < -0.4 is 5.32 Å². The molecule has 0 saturated carbocycles. The predicted octanol–water partition coefficient (Wildman–Crippen LogP) is 2.73. The number of nitrogens with zero attached hydrogens (tertiary/aromatic N) is 1. The SMILES string of the molecule is O=C(NCCSCCCO)c1cc(Cl)cc2cccnc12. The van der Waals surface area contributed by atoms with Crippen molar-refractivity contribution >= 4 is 40.2 Å². The smallest absolute Gasteiger partial charge is 0.253 e. The fourth-order valence-corrected chi connectivity index (χ4v) is 2.94. The van der Waals surface area contributed by atoms with Crippen LogP contribution in [0.25, 0.3) is 10.9 Å². The van der Waals surface area contributed by atoms with E-state index in [2.05, 4.69) is 10.3 Å². The van der Waals surface area contributed by atoms with Gasteiger partial charge in [0.25, 0.3) is 5.91 Å². The van der Waals surface area contributed by atoms with E-state index < -0.39 is 0 Å². The first-order chi connectivity index (χ1) is 10.2. The van der Waals surface area contributed by atoms with Gasteiger partial charge in [0, 0.05) is 35.5 Å². The average Bonchev–Trinajstić information content (AvgIpc) is 2.49. The lowest BCUT2D eigenvalue weighted by Crippen LogP contribution is -2.26. The molecule has 0 spiro atoms. The van der Waals surface area contributed by atoms with Crippen LogP contribution in [0.1, 0.15) is 16.8 Å². The Balaban J connectivity index is 1.99. The summed E-state index contributed by atoms with van der Waals surface area (Å²) in [6.07, 6.45) is 2.44. The highest BCUT2D eigenvalue weighted by Gasteiger charge is 2.11. The second-order valence-electron chi connectivity index (χ2n) is 4.47. The number of aromatic nitrogens is 1. The molecule has 1 aromatic heterocycles. The first-order valence-corrected chi connectivity index (χ1v) is 8.26. The number of nitrogens with one attached hydrogen (secondary N) is 1. The van der Waals surface area contributed by atoms with Crippen LogP contribution in [-0.4, -0.2) is 40.7 Å². The Bertz CT molecular complexity index is 622. The molecule has 0 unspecified atom stereocenters. The molecule has 0 atom stereocenters. The van der Waals surface area contributed by atoms with E-state index in [1.807, 2.05) is 12.1 Å². The van der Waals surface area contributed by atoms with Gasteiger partial charge in [-0.05, 0) is 30.4 Å². The predicted molar refractivity (Wildman–Crippen MR) is 88.1 cm³/mol. The van der Waals surface area contributed by atoms with Crippen LogP contribution in [0.5, 0.6) is 0 Å². The number of aliphatic hydroxyl groups is 1. The fourth-order valence-electron chi connectivity index (χ4n) is 1.93. The summed E-state index contributed by atoms with van der Waals surface area (Å²) in [4.78, 5) is 16.5. The van der Waals surface area contributed by atoms with Gasteiger partial charge in [0.15, 0.2) is 0 Å². The largest absolute Gasteiger partial charge is 0.396 e. The third kappa shape index (κ3) is 4.59. The van der Waals surface area contributed by atoms with Crippen molar-refractivity contribution in [1.82, 2.24) is 10.3 Å². The van der Waals surface area contributed by atoms with Crippen LogP contribution in [-0.2, 0) is 0 Å². The Labute approximate surface area is 132 Å². The number of fused-ring (bicyclic) bond motifs is 1. The first kappa shape index (κ1) is 16.1. The molecular weight excluding hydrogens is 308 g/mol. The zero-order valence-corrected chi connectivity index (χ0v) is 13.1. The maximum atomic E-state index is 12.2. The van der Waals surface area contributed by atoms with Crippen LogP contribution in [0.15, 0.2) is 30.5 Å². The summed E-state index contributed by atoms with van der Waals surface area (Å²) in [5, 5.41) is 12.9. The summed E-state index contributed by atoms with van der Waals surface area (Å²) in [7, 11) is 0. The van der Waals surface area contributed by atoms with E-state index in [9.17, 15) is 4.79 Å². The topological polar surface area (TPSA) is 62.2 Å². The lowest BCUT2D eigenvalue weighted by molar-refractivity contribution is 0.0957. The highest BCUT2D eigenvalue weighted by atomic mass is 35.5. The molecule has 0 aliphatic rings. The number of aliphatic hydroxyl groups excluding tert-OH is 1. The van der Waals surface area contributed by atoms with Gasteiger partial charge >= 0.3 is 0 Å². The number of thioether (sulfide) groups is 1. The van der Waals surface area contributed by atoms with Crippen LogP contribution >= 0.6 is 23.4 Å². The molecule has 4 nitrogen and oxygen atoms in total. The number of halogens is 1. The molecule has 0 aliphatic carbocycles. The number of rotatable bonds is 7. The molecule has 6 heteroatoms. The minimum atomic E-state index is -0.163. The molecule has 0 aliphatic heterocycles. The Kier molecular flexibility index (Phi) is 6.29. The Hall–Kier alpha value is -1.30. The van der Waals surface area contributed by atoms with E-state index >= 15 is 0 Å². The Morgan fingerprint density at radius 2 is 2.24 bits per heavy atom. The van der Waals surface area contributed by atoms with Crippen molar-refractivity contribution in [2.45, 2.75) is 6.42 Å². The number of hydrogen-bond acceptors (Lipinski definition) is 4. The maximum absolute atomic E-state index is 12.2. The van der Waals surface area contributed by atoms with Crippen LogP contribution in [0.3, 0.4) is 0 Å². The van der Waals surface area contributed by atoms with Gasteiger partial charge in [0.1, 0.15) is 0 Å². The molecule has 1 aromatic carbocycles. The van der Waals surface area contributed by atoms with Gasteiger partial charge in [-0.1, -0.05) is 17.7 Å². The van der Waals surface area contributed by atoms with Gasteiger partial charge in [-0.25, -0.2) is 0 Å². The van der Waals surface area contributed by atoms with Crippen molar-refractivity contribution in [1.29, 1.82) is 0 Å². The molecule has 0 saturated heterocycles. The summed E-state index contributed by atoms with van der Waals surface area (Å²) in [5.74, 6) is 1.55. The molecule has 21 heavy (non-hydrogen) atoms. The highest BCUT2D eigenvalue weighted by Crippen LogP contribution is 2.22. The number of amides is 1. The summed E-state index contributed by atoms with van der Waals surface area (Å²) in [6.45, 7) is 0.787. The van der Waals surface area contributed by atoms with Crippen molar-refractivity contribution < 1.29 is 9.90 Å². The standard InChI is InChI=1S/C15H17ClN2O2S/c16-12-9-11-3-1-4-17-14(11)13(10-12)15(20)18-5-8-21-7-2-6-19/h1,3-4,9-10,19H,2,5-8H2,(H,18,20). The van der Waals surface area contributed by atoms with E-state index in [4.69, 9.17) is 16.7 Å². The molecule has 2 aromatic rings. The van der Waals surface area contributed by atoms with Crippen molar-refractivity contribution in [2.75, 3.05) is 24.7 Å². The molecule has 0 fully saturated rings. The maximum Gasteiger partial charge on any atom is 0.253 e. The van der Waals surface area contributed by atoms with Gasteiger partial charge in [-0.2, -0.15) is 11.8 Å². The fraction of sp³-hybridized carbons (Fsp3) is 0.333. The Morgan fingerprint density at radius 3 is 3.05 bits per heavy atom. The van der Waals surface area contributed by atoms with Gasteiger partial charge < -0.3 is 10.4 Å². The van der Waals surface area contributed by atoms with Crippen molar-refractivity contribution in [3.8, 4) is 0 Å². The van der Waals surface area contributed by atoms with Gasteiger partial charge in [0.05, 0.1) is 11.1 Å². The van der Waals surface area contributed by atoms with Crippen molar-refractivity contribution in [3.63, 3.8) is 0 Å². The van der Waals surface area contributed by atoms with Crippen molar-refractivity contribution in [2.24, 2.45) is 0 Å². The van der Waals surface area contributed by atoms with Crippen LogP contribution in [0.2, 0.25) is 5.02 Å². The molecule has 2 rings (SSSR count). The van der Waals surface area contributed by atoms with E-state index in [-0.39, 0.29) is 12.5 Å². The summed E-state index contributed by atoms with van der Waals surface area (Å²) < 4.78 is 0. The summed E-state index contributed by atoms with van der Waals surface area (Å²) in [6, 6.07) is 7.14. The lowest BCUT2D eigenvalue weighted by atomic mass is 10.1. The molecule has 1 amide bonds. The van der Waals surface area contributed by atoms with Gasteiger partial charge in [-0.15, -0.1) is 0 Å². The Morgan fingerprint density at radius 1 is 1.38 bits per heavy atom. The average molecular weight is 325 g/mol. The quantitative estimate of drug-likeness (QED) is 0.769. The highest BCUT2D eigenvalue weighted by molar-refractivity contribution is 7.99. The molecule has 1 heterocycles. The zero-order valence-electron chi connectivity index (χ0n) is 11.5. The van der Waals surface area contributed by atoms with Gasteiger partial charge in [0.2, 0.25) is 0 Å². The first-order valence-electron chi connectivity index (χ1n) is 6.73.